The normalized spacial score (nSPS) is 10.3. The molecule has 9 nitrogen and oxygen atoms in total. The molecular weight excluding hydrogens is 328 g/mol. The molecule has 23 heavy (non-hydrogen) atoms. The van der Waals surface area contributed by atoms with E-state index >= 15 is 0 Å². The summed E-state index contributed by atoms with van der Waals surface area (Å²) in [7, 11) is 0. The Balaban J connectivity index is 1.99. The molecule has 0 aliphatic rings. The van der Waals surface area contributed by atoms with Crippen molar-refractivity contribution in [1.82, 2.24) is 9.78 Å². The lowest BCUT2D eigenvalue weighted by Crippen LogP contribution is -2.15. The van der Waals surface area contributed by atoms with Crippen LogP contribution < -0.4 is 5.32 Å². The predicted octanol–water partition coefficient (Wildman–Crippen LogP) is 2.17. The number of benzene rings is 1. The SMILES string of the molecule is O=C(CCn1cc(C(=O)O)cn1)Nc1ccc(Cl)cc1[N+](=O)[O-]. The second-order valence-corrected chi connectivity index (χ2v) is 4.95. The summed E-state index contributed by atoms with van der Waals surface area (Å²) >= 11 is 5.69. The molecule has 1 amide bonds. The van der Waals surface area contributed by atoms with Crippen molar-refractivity contribution in [2.45, 2.75) is 13.0 Å². The Morgan fingerprint density at radius 1 is 1.43 bits per heavy atom. The van der Waals surface area contributed by atoms with Gasteiger partial charge in [0, 0.05) is 30.3 Å². The van der Waals surface area contributed by atoms with E-state index in [-0.39, 0.29) is 34.9 Å². The summed E-state index contributed by atoms with van der Waals surface area (Å²) in [5.74, 6) is -1.58. The van der Waals surface area contributed by atoms with Gasteiger partial charge in [-0.15, -0.1) is 0 Å². The Morgan fingerprint density at radius 2 is 2.17 bits per heavy atom. The average Bonchev–Trinajstić information content (AvgIpc) is 2.96. The van der Waals surface area contributed by atoms with Crippen molar-refractivity contribution in [2.24, 2.45) is 0 Å². The minimum absolute atomic E-state index is 0.0127. The van der Waals surface area contributed by atoms with Crippen molar-refractivity contribution in [3.8, 4) is 0 Å². The molecule has 1 heterocycles. The number of hydrogen-bond donors (Lipinski definition) is 2. The zero-order chi connectivity index (χ0) is 17.0. The standard InChI is InChI=1S/C13H11ClN4O5/c14-9-1-2-10(11(5-9)18(22)23)16-12(19)3-4-17-7-8(6-15-17)13(20)21/h1-2,5-7H,3-4H2,(H,16,19)(H,20,21). The molecule has 0 saturated heterocycles. The van der Waals surface area contributed by atoms with Gasteiger partial charge in [0.15, 0.2) is 0 Å². The van der Waals surface area contributed by atoms with Gasteiger partial charge >= 0.3 is 5.97 Å². The molecule has 10 heteroatoms. The Morgan fingerprint density at radius 3 is 2.78 bits per heavy atom. The third-order valence-corrected chi connectivity index (χ3v) is 3.11. The highest BCUT2D eigenvalue weighted by molar-refractivity contribution is 6.31. The van der Waals surface area contributed by atoms with Crippen LogP contribution in [0.1, 0.15) is 16.8 Å². The number of carboxylic acids is 1. The van der Waals surface area contributed by atoms with Crippen LogP contribution in [0.5, 0.6) is 0 Å². The molecule has 0 aliphatic heterocycles. The number of aromatic carboxylic acids is 1. The predicted molar refractivity (Wildman–Crippen MR) is 80.5 cm³/mol. The van der Waals surface area contributed by atoms with Crippen LogP contribution in [0.15, 0.2) is 30.6 Å². The first kappa shape index (κ1) is 16.4. The quantitative estimate of drug-likeness (QED) is 0.613. The summed E-state index contributed by atoms with van der Waals surface area (Å²) in [6, 6.07) is 3.91. The number of hydrogen-bond acceptors (Lipinski definition) is 5. The number of nitrogens with one attached hydrogen (secondary N) is 1. The maximum atomic E-state index is 11.9. The third kappa shape index (κ3) is 4.27. The number of anilines is 1. The third-order valence-electron chi connectivity index (χ3n) is 2.88. The van der Waals surface area contributed by atoms with Gasteiger partial charge in [0.05, 0.1) is 16.7 Å². The molecule has 1 aromatic carbocycles. The number of rotatable bonds is 6. The lowest BCUT2D eigenvalue weighted by atomic mass is 10.2. The minimum Gasteiger partial charge on any atom is -0.478 e. The molecule has 0 spiro atoms. The molecule has 0 saturated carbocycles. The van der Waals surface area contributed by atoms with Gasteiger partial charge in [-0.2, -0.15) is 5.10 Å². The molecule has 0 atom stereocenters. The van der Waals surface area contributed by atoms with E-state index in [9.17, 15) is 19.7 Å². The highest BCUT2D eigenvalue weighted by Gasteiger charge is 2.16. The number of aromatic nitrogens is 2. The largest absolute Gasteiger partial charge is 0.478 e. The molecule has 1 aromatic heterocycles. The summed E-state index contributed by atoms with van der Waals surface area (Å²) in [5, 5.41) is 26.1. The first-order chi connectivity index (χ1) is 10.9. The van der Waals surface area contributed by atoms with Crippen molar-refractivity contribution in [3.63, 3.8) is 0 Å². The number of nitro benzene ring substituents is 1. The Hall–Kier alpha value is -2.94. The van der Waals surface area contributed by atoms with Crippen LogP contribution in [-0.4, -0.2) is 31.7 Å². The first-order valence-electron chi connectivity index (χ1n) is 6.36. The summed E-state index contributed by atoms with van der Waals surface area (Å²) in [4.78, 5) is 32.9. The molecular formula is C13H11ClN4O5. The van der Waals surface area contributed by atoms with Gasteiger partial charge in [0.25, 0.3) is 5.69 Å². The maximum absolute atomic E-state index is 11.9. The highest BCUT2D eigenvalue weighted by atomic mass is 35.5. The number of nitrogens with zero attached hydrogens (tertiary/aromatic N) is 3. The van der Waals surface area contributed by atoms with Crippen LogP contribution in [0, 0.1) is 10.1 Å². The summed E-state index contributed by atoms with van der Waals surface area (Å²) in [5.41, 5.74) is -0.257. The molecule has 0 fully saturated rings. The zero-order valence-electron chi connectivity index (χ0n) is 11.6. The fourth-order valence-corrected chi connectivity index (χ4v) is 1.95. The van der Waals surface area contributed by atoms with Crippen molar-refractivity contribution in [2.75, 3.05) is 5.32 Å². The number of carboxylic acid groups (broad SMARTS) is 1. The van der Waals surface area contributed by atoms with Gasteiger partial charge in [-0.05, 0) is 12.1 Å². The molecule has 0 radical (unpaired) electrons. The van der Waals surface area contributed by atoms with Crippen LogP contribution >= 0.6 is 11.6 Å². The lowest BCUT2D eigenvalue weighted by molar-refractivity contribution is -0.383. The van der Waals surface area contributed by atoms with E-state index in [4.69, 9.17) is 16.7 Å². The zero-order valence-corrected chi connectivity index (χ0v) is 12.4. The molecule has 2 N–H and O–H groups in total. The molecule has 0 bridgehead atoms. The number of carbonyl (C=O) groups is 2. The maximum Gasteiger partial charge on any atom is 0.338 e. The second kappa shape index (κ2) is 6.88. The van der Waals surface area contributed by atoms with Gasteiger partial charge in [-0.3, -0.25) is 19.6 Å². The molecule has 0 aliphatic carbocycles. The highest BCUT2D eigenvalue weighted by Crippen LogP contribution is 2.27. The summed E-state index contributed by atoms with van der Waals surface area (Å²) in [6.07, 6.45) is 2.44. The Labute approximate surface area is 134 Å². The second-order valence-electron chi connectivity index (χ2n) is 4.51. The van der Waals surface area contributed by atoms with Crippen molar-refractivity contribution < 1.29 is 19.6 Å². The average molecular weight is 339 g/mol. The van der Waals surface area contributed by atoms with Gasteiger partial charge in [0.2, 0.25) is 5.91 Å². The topological polar surface area (TPSA) is 127 Å². The van der Waals surface area contributed by atoms with Crippen molar-refractivity contribution >= 4 is 34.9 Å². The first-order valence-corrected chi connectivity index (χ1v) is 6.74. The van der Waals surface area contributed by atoms with E-state index in [0.717, 1.165) is 6.07 Å². The number of aryl methyl sites for hydroxylation is 1. The van der Waals surface area contributed by atoms with Crippen LogP contribution in [0.3, 0.4) is 0 Å². The number of nitro groups is 1. The van der Waals surface area contributed by atoms with E-state index in [0.29, 0.717) is 0 Å². The van der Waals surface area contributed by atoms with E-state index in [1.807, 2.05) is 0 Å². The smallest absolute Gasteiger partial charge is 0.338 e. The number of carbonyl (C=O) groups excluding carboxylic acids is 1. The Bertz CT molecular complexity index is 773. The lowest BCUT2D eigenvalue weighted by Gasteiger charge is -2.06. The van der Waals surface area contributed by atoms with Gasteiger partial charge in [0.1, 0.15) is 5.69 Å². The van der Waals surface area contributed by atoms with Crippen molar-refractivity contribution in [1.29, 1.82) is 0 Å². The van der Waals surface area contributed by atoms with E-state index in [1.165, 1.54) is 29.2 Å². The van der Waals surface area contributed by atoms with Crippen LogP contribution in [-0.2, 0) is 11.3 Å². The van der Waals surface area contributed by atoms with Crippen molar-refractivity contribution in [3.05, 3.63) is 51.3 Å². The molecule has 2 rings (SSSR count). The molecule has 2 aromatic rings. The summed E-state index contributed by atoms with van der Waals surface area (Å²) in [6.45, 7) is 0.139. The van der Waals surface area contributed by atoms with E-state index in [1.54, 1.807) is 0 Å². The van der Waals surface area contributed by atoms with Gasteiger partial charge in [-0.1, -0.05) is 11.6 Å². The van der Waals surface area contributed by atoms with Gasteiger partial charge in [-0.25, -0.2) is 4.79 Å². The number of amides is 1. The van der Waals surface area contributed by atoms with E-state index in [2.05, 4.69) is 10.4 Å². The van der Waals surface area contributed by atoms with Crippen LogP contribution in [0.2, 0.25) is 5.02 Å². The minimum atomic E-state index is -1.11. The van der Waals surface area contributed by atoms with Gasteiger partial charge < -0.3 is 10.4 Å². The Kier molecular flexibility index (Phi) is 4.91. The van der Waals surface area contributed by atoms with Crippen LogP contribution in [0.4, 0.5) is 11.4 Å². The molecule has 0 unspecified atom stereocenters. The fraction of sp³-hybridized carbons (Fsp3) is 0.154. The number of halogens is 1. The molecule has 120 valence electrons. The summed E-state index contributed by atoms with van der Waals surface area (Å²) < 4.78 is 1.30. The van der Waals surface area contributed by atoms with E-state index < -0.39 is 16.8 Å². The fourth-order valence-electron chi connectivity index (χ4n) is 1.79. The van der Waals surface area contributed by atoms with Crippen LogP contribution in [0.25, 0.3) is 0 Å². The monoisotopic (exact) mass is 338 g/mol.